The van der Waals surface area contributed by atoms with E-state index in [1.165, 1.54) is 0 Å². The third kappa shape index (κ3) is 4.08. The summed E-state index contributed by atoms with van der Waals surface area (Å²) in [6.07, 6.45) is 0. The zero-order valence-electron chi connectivity index (χ0n) is 12.3. The van der Waals surface area contributed by atoms with Gasteiger partial charge in [-0.1, -0.05) is 24.3 Å². The SMILES string of the molecule is N#Cc1cccc(NCc2nnc(COc3ccccc3)o2)c1. The van der Waals surface area contributed by atoms with Crippen molar-refractivity contribution in [3.63, 3.8) is 0 Å². The molecule has 2 aromatic carbocycles. The molecule has 0 aliphatic rings. The van der Waals surface area contributed by atoms with Crippen molar-refractivity contribution in [1.29, 1.82) is 5.26 Å². The van der Waals surface area contributed by atoms with Gasteiger partial charge in [0.2, 0.25) is 5.89 Å². The van der Waals surface area contributed by atoms with Crippen LogP contribution in [-0.2, 0) is 13.2 Å². The van der Waals surface area contributed by atoms with Gasteiger partial charge in [-0.25, -0.2) is 0 Å². The third-order valence-electron chi connectivity index (χ3n) is 3.05. The molecule has 0 amide bonds. The van der Waals surface area contributed by atoms with E-state index in [9.17, 15) is 0 Å². The van der Waals surface area contributed by atoms with Gasteiger partial charge >= 0.3 is 0 Å². The van der Waals surface area contributed by atoms with Crippen molar-refractivity contribution in [1.82, 2.24) is 10.2 Å². The van der Waals surface area contributed by atoms with Crippen molar-refractivity contribution in [2.24, 2.45) is 0 Å². The van der Waals surface area contributed by atoms with Crippen LogP contribution in [0.4, 0.5) is 5.69 Å². The summed E-state index contributed by atoms with van der Waals surface area (Å²) in [5, 5.41) is 19.9. The molecule has 6 nitrogen and oxygen atoms in total. The number of ether oxygens (including phenoxy) is 1. The number of rotatable bonds is 6. The Morgan fingerprint density at radius 1 is 1.04 bits per heavy atom. The Morgan fingerprint density at radius 3 is 2.70 bits per heavy atom. The smallest absolute Gasteiger partial charge is 0.253 e. The van der Waals surface area contributed by atoms with E-state index in [1.807, 2.05) is 42.5 Å². The van der Waals surface area contributed by atoms with Gasteiger partial charge in [0.1, 0.15) is 5.75 Å². The molecule has 0 aliphatic carbocycles. The molecule has 0 atom stereocenters. The summed E-state index contributed by atoms with van der Waals surface area (Å²) in [5.74, 6) is 1.62. The average Bonchev–Trinajstić information content (AvgIpc) is 3.07. The van der Waals surface area contributed by atoms with E-state index in [2.05, 4.69) is 21.6 Å². The van der Waals surface area contributed by atoms with E-state index >= 15 is 0 Å². The average molecular weight is 306 g/mol. The fourth-order valence-electron chi connectivity index (χ4n) is 1.96. The van der Waals surface area contributed by atoms with Crippen LogP contribution in [0.2, 0.25) is 0 Å². The molecule has 114 valence electrons. The molecule has 0 aliphatic heterocycles. The minimum Gasteiger partial charge on any atom is -0.484 e. The van der Waals surface area contributed by atoms with Gasteiger partial charge in [-0.3, -0.25) is 0 Å². The fourth-order valence-corrected chi connectivity index (χ4v) is 1.96. The summed E-state index contributed by atoms with van der Waals surface area (Å²) in [6, 6.07) is 18.7. The number of benzene rings is 2. The normalized spacial score (nSPS) is 10.0. The molecule has 0 spiro atoms. The van der Waals surface area contributed by atoms with Gasteiger partial charge in [-0.15, -0.1) is 10.2 Å². The number of nitriles is 1. The van der Waals surface area contributed by atoms with Gasteiger partial charge in [-0.05, 0) is 30.3 Å². The van der Waals surface area contributed by atoms with E-state index in [4.69, 9.17) is 14.4 Å². The van der Waals surface area contributed by atoms with Crippen LogP contribution in [0.15, 0.2) is 59.0 Å². The molecule has 23 heavy (non-hydrogen) atoms. The third-order valence-corrected chi connectivity index (χ3v) is 3.05. The van der Waals surface area contributed by atoms with Crippen molar-refractivity contribution in [3.8, 4) is 11.8 Å². The molecule has 3 aromatic rings. The van der Waals surface area contributed by atoms with Gasteiger partial charge in [-0.2, -0.15) is 5.26 Å². The van der Waals surface area contributed by atoms with Crippen LogP contribution < -0.4 is 10.1 Å². The van der Waals surface area contributed by atoms with E-state index in [-0.39, 0.29) is 6.61 Å². The summed E-state index contributed by atoms with van der Waals surface area (Å²) in [5.41, 5.74) is 1.42. The Balaban J connectivity index is 1.54. The van der Waals surface area contributed by atoms with Crippen LogP contribution in [0.5, 0.6) is 5.75 Å². The van der Waals surface area contributed by atoms with Crippen molar-refractivity contribution in [2.75, 3.05) is 5.32 Å². The standard InChI is InChI=1S/C17H14N4O2/c18-10-13-5-4-6-14(9-13)19-11-16-20-21-17(23-16)12-22-15-7-2-1-3-8-15/h1-9,19H,11-12H2. The predicted molar refractivity (Wildman–Crippen MR) is 83.6 cm³/mol. The molecule has 6 heteroatoms. The van der Waals surface area contributed by atoms with Crippen LogP contribution in [0.3, 0.4) is 0 Å². The highest BCUT2D eigenvalue weighted by Crippen LogP contribution is 2.13. The summed E-state index contributed by atoms with van der Waals surface area (Å²) in [7, 11) is 0. The zero-order chi connectivity index (χ0) is 15.9. The zero-order valence-corrected chi connectivity index (χ0v) is 12.3. The number of nitrogens with zero attached hydrogens (tertiary/aromatic N) is 3. The van der Waals surface area contributed by atoms with Crippen LogP contribution in [0.1, 0.15) is 17.3 Å². The Bertz CT molecular complexity index is 809. The largest absolute Gasteiger partial charge is 0.484 e. The van der Waals surface area contributed by atoms with Gasteiger partial charge in [0, 0.05) is 5.69 Å². The summed E-state index contributed by atoms with van der Waals surface area (Å²) < 4.78 is 11.1. The van der Waals surface area contributed by atoms with E-state index in [1.54, 1.807) is 12.1 Å². The van der Waals surface area contributed by atoms with Crippen LogP contribution >= 0.6 is 0 Å². The Labute approximate surface area is 133 Å². The van der Waals surface area contributed by atoms with Crippen LogP contribution in [0, 0.1) is 11.3 Å². The lowest BCUT2D eigenvalue weighted by Gasteiger charge is -2.03. The highest BCUT2D eigenvalue weighted by Gasteiger charge is 2.07. The first-order valence-corrected chi connectivity index (χ1v) is 7.06. The van der Waals surface area contributed by atoms with Gasteiger partial charge in [0.25, 0.3) is 5.89 Å². The van der Waals surface area contributed by atoms with Gasteiger partial charge in [0.15, 0.2) is 6.61 Å². The molecule has 1 aromatic heterocycles. The molecular formula is C17H14N4O2. The quantitative estimate of drug-likeness (QED) is 0.753. The summed E-state index contributed by atoms with van der Waals surface area (Å²) in [6.45, 7) is 0.605. The Kier molecular flexibility index (Phi) is 4.50. The first kappa shape index (κ1) is 14.6. The van der Waals surface area contributed by atoms with Gasteiger partial charge in [0.05, 0.1) is 18.2 Å². The molecule has 1 heterocycles. The van der Waals surface area contributed by atoms with Crippen LogP contribution in [0.25, 0.3) is 0 Å². The molecular weight excluding hydrogens is 292 g/mol. The van der Waals surface area contributed by atoms with Crippen molar-refractivity contribution in [2.45, 2.75) is 13.2 Å². The molecule has 0 saturated carbocycles. The molecule has 0 saturated heterocycles. The maximum atomic E-state index is 8.87. The number of para-hydroxylation sites is 1. The summed E-state index contributed by atoms with van der Waals surface area (Å²) in [4.78, 5) is 0. The lowest BCUT2D eigenvalue weighted by molar-refractivity contribution is 0.259. The second-order valence-corrected chi connectivity index (χ2v) is 4.74. The monoisotopic (exact) mass is 306 g/mol. The topological polar surface area (TPSA) is 84.0 Å². The maximum Gasteiger partial charge on any atom is 0.253 e. The van der Waals surface area contributed by atoms with Crippen molar-refractivity contribution >= 4 is 5.69 Å². The van der Waals surface area contributed by atoms with Crippen molar-refractivity contribution in [3.05, 3.63) is 71.9 Å². The van der Waals surface area contributed by atoms with E-state index in [0.717, 1.165) is 11.4 Å². The number of hydrogen-bond acceptors (Lipinski definition) is 6. The molecule has 3 rings (SSSR count). The summed E-state index contributed by atoms with van der Waals surface area (Å²) >= 11 is 0. The fraction of sp³-hybridized carbons (Fsp3) is 0.118. The maximum absolute atomic E-state index is 8.87. The van der Waals surface area contributed by atoms with Crippen molar-refractivity contribution < 1.29 is 9.15 Å². The first-order chi connectivity index (χ1) is 11.3. The van der Waals surface area contributed by atoms with Crippen LogP contribution in [-0.4, -0.2) is 10.2 Å². The van der Waals surface area contributed by atoms with Gasteiger partial charge < -0.3 is 14.5 Å². The molecule has 0 radical (unpaired) electrons. The molecule has 1 N–H and O–H groups in total. The first-order valence-electron chi connectivity index (χ1n) is 7.06. The highest BCUT2D eigenvalue weighted by molar-refractivity contribution is 5.48. The Morgan fingerprint density at radius 2 is 1.87 bits per heavy atom. The second kappa shape index (κ2) is 7.09. The highest BCUT2D eigenvalue weighted by atomic mass is 16.5. The second-order valence-electron chi connectivity index (χ2n) is 4.74. The molecule has 0 unspecified atom stereocenters. The number of aromatic nitrogens is 2. The number of nitrogens with one attached hydrogen (secondary N) is 1. The minimum absolute atomic E-state index is 0.223. The van der Waals surface area contributed by atoms with E-state index < -0.39 is 0 Å². The lowest BCUT2D eigenvalue weighted by atomic mass is 10.2. The lowest BCUT2D eigenvalue weighted by Crippen LogP contribution is -1.99. The van der Waals surface area contributed by atoms with E-state index in [0.29, 0.717) is 23.9 Å². The minimum atomic E-state index is 0.223. The predicted octanol–water partition coefficient (Wildman–Crippen LogP) is 3.13. The Hall–Kier alpha value is -3.33. The molecule has 0 bridgehead atoms. The number of hydrogen-bond donors (Lipinski definition) is 1. The number of anilines is 1. The molecule has 0 fully saturated rings.